The maximum Gasteiger partial charge on any atom is 0.240 e. The van der Waals surface area contributed by atoms with E-state index in [9.17, 15) is 8.42 Å². The first-order chi connectivity index (χ1) is 9.62. The summed E-state index contributed by atoms with van der Waals surface area (Å²) in [6.07, 6.45) is 4.56. The van der Waals surface area contributed by atoms with Crippen LogP contribution in [0, 0.1) is 17.8 Å². The molecule has 1 aliphatic carbocycles. The first kappa shape index (κ1) is 15.0. The Hall–Kier alpha value is -1.35. The number of hydrogen-bond acceptors (Lipinski definition) is 3. The molecule has 0 aromatic heterocycles. The average molecular weight is 293 g/mol. The second kappa shape index (κ2) is 6.89. The van der Waals surface area contributed by atoms with Gasteiger partial charge in [-0.2, -0.15) is 0 Å². The number of rotatable bonds is 6. The SMILES string of the molecule is O=S(=O)(NCCCC1CC1)c1cccc(C#CCO)c1. The molecule has 0 atom stereocenters. The van der Waals surface area contributed by atoms with Crippen molar-refractivity contribution in [3.63, 3.8) is 0 Å². The summed E-state index contributed by atoms with van der Waals surface area (Å²) in [4.78, 5) is 0.216. The monoisotopic (exact) mass is 293 g/mol. The Balaban J connectivity index is 1.96. The molecule has 108 valence electrons. The van der Waals surface area contributed by atoms with E-state index in [2.05, 4.69) is 16.6 Å². The predicted octanol–water partition coefficient (Wildman–Crippen LogP) is 1.50. The Morgan fingerprint density at radius 3 is 2.85 bits per heavy atom. The molecule has 1 aromatic rings. The van der Waals surface area contributed by atoms with Gasteiger partial charge in [0.2, 0.25) is 10.0 Å². The van der Waals surface area contributed by atoms with Gasteiger partial charge >= 0.3 is 0 Å². The summed E-state index contributed by atoms with van der Waals surface area (Å²) < 4.78 is 26.8. The van der Waals surface area contributed by atoms with Gasteiger partial charge in [0.1, 0.15) is 6.61 Å². The summed E-state index contributed by atoms with van der Waals surface area (Å²) in [6, 6.07) is 6.44. The second-order valence-electron chi connectivity index (χ2n) is 4.97. The number of aliphatic hydroxyl groups excluding tert-OH is 1. The molecule has 1 saturated carbocycles. The summed E-state index contributed by atoms with van der Waals surface area (Å²) in [7, 11) is -3.47. The van der Waals surface area contributed by atoms with E-state index in [1.165, 1.54) is 18.9 Å². The fourth-order valence-corrected chi connectivity index (χ4v) is 3.09. The van der Waals surface area contributed by atoms with E-state index >= 15 is 0 Å². The zero-order valence-corrected chi connectivity index (χ0v) is 12.1. The van der Waals surface area contributed by atoms with Crippen molar-refractivity contribution in [2.45, 2.75) is 30.6 Å². The van der Waals surface area contributed by atoms with E-state index < -0.39 is 10.0 Å². The van der Waals surface area contributed by atoms with Crippen LogP contribution in [0.4, 0.5) is 0 Å². The van der Waals surface area contributed by atoms with E-state index in [1.54, 1.807) is 18.2 Å². The molecular weight excluding hydrogens is 274 g/mol. The first-order valence-corrected chi connectivity index (χ1v) is 8.29. The molecule has 0 heterocycles. The van der Waals surface area contributed by atoms with Gasteiger partial charge < -0.3 is 5.11 Å². The maximum absolute atomic E-state index is 12.1. The standard InChI is InChI=1S/C15H19NO3S/c17-11-3-6-14-4-1-7-15(12-14)20(18,19)16-10-2-5-13-8-9-13/h1,4,7,12-13,16-17H,2,5,8-11H2. The van der Waals surface area contributed by atoms with Crippen LogP contribution in [0.3, 0.4) is 0 Å². The fourth-order valence-electron chi connectivity index (χ4n) is 1.97. The van der Waals surface area contributed by atoms with Crippen LogP contribution in [0.1, 0.15) is 31.2 Å². The quantitative estimate of drug-likeness (QED) is 0.617. The van der Waals surface area contributed by atoms with Gasteiger partial charge in [-0.25, -0.2) is 13.1 Å². The van der Waals surface area contributed by atoms with Gasteiger partial charge in [0.15, 0.2) is 0 Å². The van der Waals surface area contributed by atoms with Crippen molar-refractivity contribution in [3.05, 3.63) is 29.8 Å². The molecule has 1 fully saturated rings. The highest BCUT2D eigenvalue weighted by Crippen LogP contribution is 2.33. The highest BCUT2D eigenvalue weighted by atomic mass is 32.2. The van der Waals surface area contributed by atoms with E-state index in [0.717, 1.165) is 18.8 Å². The summed E-state index contributed by atoms with van der Waals surface area (Å²) in [6.45, 7) is 0.238. The fraction of sp³-hybridized carbons (Fsp3) is 0.467. The van der Waals surface area contributed by atoms with Crippen molar-refractivity contribution >= 4 is 10.0 Å². The van der Waals surface area contributed by atoms with Crippen molar-refractivity contribution in [1.29, 1.82) is 0 Å². The van der Waals surface area contributed by atoms with Crippen LogP contribution in [0.15, 0.2) is 29.2 Å². The molecule has 0 radical (unpaired) electrons. The van der Waals surface area contributed by atoms with Crippen LogP contribution in [0.25, 0.3) is 0 Å². The Morgan fingerprint density at radius 2 is 2.15 bits per heavy atom. The van der Waals surface area contributed by atoms with Crippen LogP contribution in [-0.4, -0.2) is 26.7 Å². The lowest BCUT2D eigenvalue weighted by Crippen LogP contribution is -2.24. The van der Waals surface area contributed by atoms with Crippen molar-refractivity contribution in [1.82, 2.24) is 4.72 Å². The molecule has 1 aromatic carbocycles. The molecule has 2 N–H and O–H groups in total. The molecule has 4 nitrogen and oxygen atoms in total. The Labute approximate surface area is 120 Å². The van der Waals surface area contributed by atoms with Crippen LogP contribution in [0.2, 0.25) is 0 Å². The molecule has 1 aliphatic rings. The van der Waals surface area contributed by atoms with E-state index in [0.29, 0.717) is 12.1 Å². The van der Waals surface area contributed by atoms with E-state index in [4.69, 9.17) is 5.11 Å². The molecule has 5 heteroatoms. The summed E-state index contributed by atoms with van der Waals surface area (Å²) in [5, 5.41) is 8.65. The molecule has 0 amide bonds. The number of nitrogens with one attached hydrogen (secondary N) is 1. The largest absolute Gasteiger partial charge is 0.384 e. The van der Waals surface area contributed by atoms with Crippen molar-refractivity contribution in [2.24, 2.45) is 5.92 Å². The molecule has 0 aliphatic heterocycles. The lowest BCUT2D eigenvalue weighted by molar-refractivity contribution is 0.350. The topological polar surface area (TPSA) is 66.4 Å². The molecule has 0 bridgehead atoms. The third-order valence-corrected chi connectivity index (χ3v) is 4.69. The van der Waals surface area contributed by atoms with E-state index in [-0.39, 0.29) is 11.5 Å². The summed E-state index contributed by atoms with van der Waals surface area (Å²) in [5.74, 6) is 6.03. The minimum Gasteiger partial charge on any atom is -0.384 e. The Bertz CT molecular complexity index is 609. The van der Waals surface area contributed by atoms with Gasteiger partial charge in [-0.3, -0.25) is 0 Å². The second-order valence-corrected chi connectivity index (χ2v) is 6.74. The first-order valence-electron chi connectivity index (χ1n) is 6.81. The molecule has 0 spiro atoms. The van der Waals surface area contributed by atoms with Crippen molar-refractivity contribution in [3.8, 4) is 11.8 Å². The minimum atomic E-state index is -3.47. The highest BCUT2D eigenvalue weighted by Gasteiger charge is 2.20. The highest BCUT2D eigenvalue weighted by molar-refractivity contribution is 7.89. The summed E-state index contributed by atoms with van der Waals surface area (Å²) in [5.41, 5.74) is 0.583. The predicted molar refractivity (Wildman–Crippen MR) is 77.6 cm³/mol. The van der Waals surface area contributed by atoms with Gasteiger partial charge in [-0.05, 0) is 37.0 Å². The van der Waals surface area contributed by atoms with Gasteiger partial charge in [0, 0.05) is 12.1 Å². The van der Waals surface area contributed by atoms with Crippen LogP contribution in [0.5, 0.6) is 0 Å². The van der Waals surface area contributed by atoms with E-state index in [1.807, 2.05) is 0 Å². The molecule has 2 rings (SSSR count). The number of aliphatic hydroxyl groups is 1. The van der Waals surface area contributed by atoms with Gasteiger partial charge in [0.05, 0.1) is 4.90 Å². The smallest absolute Gasteiger partial charge is 0.240 e. The average Bonchev–Trinajstić information content (AvgIpc) is 3.26. The van der Waals surface area contributed by atoms with Crippen molar-refractivity contribution in [2.75, 3.05) is 13.2 Å². The van der Waals surface area contributed by atoms with Crippen LogP contribution in [-0.2, 0) is 10.0 Å². The minimum absolute atomic E-state index is 0.216. The zero-order chi connectivity index (χ0) is 14.4. The molecule has 0 saturated heterocycles. The van der Waals surface area contributed by atoms with Crippen molar-refractivity contribution < 1.29 is 13.5 Å². The van der Waals surface area contributed by atoms with Crippen LogP contribution >= 0.6 is 0 Å². The van der Waals surface area contributed by atoms with Gasteiger partial charge in [0.25, 0.3) is 0 Å². The molecular formula is C15H19NO3S. The molecule has 20 heavy (non-hydrogen) atoms. The normalized spacial score (nSPS) is 14.7. The zero-order valence-electron chi connectivity index (χ0n) is 11.3. The lowest BCUT2D eigenvalue weighted by Gasteiger charge is -2.06. The van der Waals surface area contributed by atoms with Gasteiger partial charge in [-0.1, -0.05) is 30.7 Å². The Kier molecular flexibility index (Phi) is 5.18. The van der Waals surface area contributed by atoms with Gasteiger partial charge in [-0.15, -0.1) is 0 Å². The third-order valence-electron chi connectivity index (χ3n) is 3.23. The lowest BCUT2D eigenvalue weighted by atomic mass is 10.2. The number of benzene rings is 1. The number of hydrogen-bond donors (Lipinski definition) is 2. The Morgan fingerprint density at radius 1 is 1.35 bits per heavy atom. The van der Waals surface area contributed by atoms with Crippen LogP contribution < -0.4 is 4.72 Å². The molecule has 0 unspecified atom stereocenters. The number of sulfonamides is 1. The third kappa shape index (κ3) is 4.64. The summed E-state index contributed by atoms with van der Waals surface area (Å²) >= 11 is 0. The maximum atomic E-state index is 12.1.